The second-order valence-corrected chi connectivity index (χ2v) is 6.98. The van der Waals surface area contributed by atoms with Crippen LogP contribution in [0.1, 0.15) is 38.4 Å². The van der Waals surface area contributed by atoms with Crippen molar-refractivity contribution in [1.82, 2.24) is 24.3 Å². The zero-order valence-corrected chi connectivity index (χ0v) is 15.0. The Hall–Kier alpha value is -1.40. The molecular weight excluding hydrogens is 302 g/mol. The maximum Gasteiger partial charge on any atom is 0.236 e. The number of aryl methyl sites for hydroxylation is 1. The molecule has 0 bridgehead atoms. The highest BCUT2D eigenvalue weighted by Gasteiger charge is 2.22. The van der Waals surface area contributed by atoms with Gasteiger partial charge in [-0.1, -0.05) is 12.8 Å². The third-order valence-electron chi connectivity index (χ3n) is 5.29. The van der Waals surface area contributed by atoms with Gasteiger partial charge in [0.2, 0.25) is 5.91 Å². The van der Waals surface area contributed by atoms with E-state index in [1.54, 1.807) is 0 Å². The molecule has 0 atom stereocenters. The van der Waals surface area contributed by atoms with Gasteiger partial charge in [-0.25, -0.2) is 4.98 Å². The molecule has 6 nitrogen and oxygen atoms in total. The van der Waals surface area contributed by atoms with E-state index < -0.39 is 0 Å². The molecule has 2 aliphatic heterocycles. The minimum atomic E-state index is 0.326. The number of hydrogen-bond acceptors (Lipinski definition) is 4. The number of hydrogen-bond donors (Lipinski definition) is 0. The summed E-state index contributed by atoms with van der Waals surface area (Å²) in [5, 5.41) is 0. The number of likely N-dealkylation sites (tertiary alicyclic amines) is 1. The Morgan fingerprint density at radius 1 is 1.00 bits per heavy atom. The number of nitrogens with zero attached hydrogens (tertiary/aromatic N) is 5. The van der Waals surface area contributed by atoms with E-state index in [4.69, 9.17) is 0 Å². The molecule has 24 heavy (non-hydrogen) atoms. The number of imidazole rings is 1. The molecule has 2 saturated heterocycles. The van der Waals surface area contributed by atoms with Crippen LogP contribution in [0.25, 0.3) is 0 Å². The van der Waals surface area contributed by atoms with Crippen LogP contribution in [0.5, 0.6) is 0 Å². The standard InChI is InChI=1S/C18H31N5O/c1-2-22-10-7-19-17(22)15-20-11-13-21(14-12-20)16-18(24)23-8-5-3-4-6-9-23/h7,10H,2-6,8-9,11-16H2,1H3. The summed E-state index contributed by atoms with van der Waals surface area (Å²) in [6.07, 6.45) is 8.82. The van der Waals surface area contributed by atoms with Crippen molar-refractivity contribution in [2.75, 3.05) is 45.8 Å². The smallest absolute Gasteiger partial charge is 0.236 e. The normalized spacial score (nSPS) is 21.0. The van der Waals surface area contributed by atoms with Gasteiger partial charge in [-0.15, -0.1) is 0 Å². The summed E-state index contributed by atoms with van der Waals surface area (Å²) in [7, 11) is 0. The predicted octanol–water partition coefficient (Wildman–Crippen LogP) is 1.42. The minimum absolute atomic E-state index is 0.326. The van der Waals surface area contributed by atoms with Crippen LogP contribution in [-0.2, 0) is 17.9 Å². The molecule has 0 aliphatic carbocycles. The molecule has 0 N–H and O–H groups in total. The zero-order valence-electron chi connectivity index (χ0n) is 15.0. The van der Waals surface area contributed by atoms with Gasteiger partial charge in [-0.3, -0.25) is 14.6 Å². The van der Waals surface area contributed by atoms with E-state index in [-0.39, 0.29) is 0 Å². The molecule has 1 aromatic heterocycles. The van der Waals surface area contributed by atoms with Crippen molar-refractivity contribution < 1.29 is 4.79 Å². The summed E-state index contributed by atoms with van der Waals surface area (Å²) in [6.45, 7) is 10.5. The van der Waals surface area contributed by atoms with Crippen LogP contribution in [0.15, 0.2) is 12.4 Å². The van der Waals surface area contributed by atoms with E-state index in [1.807, 2.05) is 12.4 Å². The van der Waals surface area contributed by atoms with Gasteiger partial charge in [0.1, 0.15) is 5.82 Å². The average molecular weight is 333 g/mol. The van der Waals surface area contributed by atoms with Crippen LogP contribution in [0.2, 0.25) is 0 Å². The van der Waals surface area contributed by atoms with Crippen molar-refractivity contribution in [1.29, 1.82) is 0 Å². The Morgan fingerprint density at radius 3 is 2.33 bits per heavy atom. The van der Waals surface area contributed by atoms with Crippen molar-refractivity contribution >= 4 is 5.91 Å². The molecule has 0 aromatic carbocycles. The zero-order chi connectivity index (χ0) is 16.8. The van der Waals surface area contributed by atoms with Crippen LogP contribution < -0.4 is 0 Å². The Morgan fingerprint density at radius 2 is 1.67 bits per heavy atom. The second-order valence-electron chi connectivity index (χ2n) is 6.98. The minimum Gasteiger partial charge on any atom is -0.342 e. The summed E-state index contributed by atoms with van der Waals surface area (Å²) >= 11 is 0. The predicted molar refractivity (Wildman–Crippen MR) is 94.7 cm³/mol. The molecule has 6 heteroatoms. The van der Waals surface area contributed by atoms with Crippen LogP contribution >= 0.6 is 0 Å². The van der Waals surface area contributed by atoms with Gasteiger partial charge in [0, 0.05) is 58.2 Å². The third kappa shape index (κ3) is 4.57. The Bertz CT molecular complexity index is 513. The Labute approximate surface area is 145 Å². The average Bonchev–Trinajstić information content (AvgIpc) is 2.87. The summed E-state index contributed by atoms with van der Waals surface area (Å²) in [5.74, 6) is 1.47. The lowest BCUT2D eigenvalue weighted by atomic mass is 10.2. The quantitative estimate of drug-likeness (QED) is 0.818. The number of aromatic nitrogens is 2. The second kappa shape index (κ2) is 8.62. The molecule has 3 rings (SSSR count). The van der Waals surface area contributed by atoms with Gasteiger partial charge >= 0.3 is 0 Å². The molecular formula is C18H31N5O. The third-order valence-corrected chi connectivity index (χ3v) is 5.29. The largest absolute Gasteiger partial charge is 0.342 e. The van der Waals surface area contributed by atoms with Gasteiger partial charge in [-0.2, -0.15) is 0 Å². The first-order chi connectivity index (χ1) is 11.8. The number of amides is 1. The first-order valence-electron chi connectivity index (χ1n) is 9.48. The fraction of sp³-hybridized carbons (Fsp3) is 0.778. The summed E-state index contributed by atoms with van der Waals surface area (Å²) in [5.41, 5.74) is 0. The van der Waals surface area contributed by atoms with E-state index >= 15 is 0 Å². The van der Waals surface area contributed by atoms with Crippen molar-refractivity contribution in [3.05, 3.63) is 18.2 Å². The van der Waals surface area contributed by atoms with Crippen molar-refractivity contribution in [2.24, 2.45) is 0 Å². The fourth-order valence-corrected chi connectivity index (χ4v) is 3.70. The van der Waals surface area contributed by atoms with Crippen molar-refractivity contribution in [3.8, 4) is 0 Å². The molecule has 0 spiro atoms. The van der Waals surface area contributed by atoms with Gasteiger partial charge < -0.3 is 9.47 Å². The van der Waals surface area contributed by atoms with Crippen molar-refractivity contribution in [2.45, 2.75) is 45.7 Å². The highest BCUT2D eigenvalue weighted by Crippen LogP contribution is 2.11. The molecule has 3 heterocycles. The van der Waals surface area contributed by atoms with E-state index in [2.05, 4.69) is 31.2 Å². The molecule has 2 fully saturated rings. The Kier molecular flexibility index (Phi) is 6.26. The maximum absolute atomic E-state index is 12.5. The van der Waals surface area contributed by atoms with Crippen LogP contribution in [-0.4, -0.2) is 76.0 Å². The molecule has 2 aliphatic rings. The summed E-state index contributed by atoms with van der Waals surface area (Å²) in [6, 6.07) is 0. The molecule has 1 aromatic rings. The van der Waals surface area contributed by atoms with E-state index in [9.17, 15) is 4.79 Å². The topological polar surface area (TPSA) is 44.6 Å². The lowest BCUT2D eigenvalue weighted by molar-refractivity contribution is -0.132. The van der Waals surface area contributed by atoms with Crippen molar-refractivity contribution in [3.63, 3.8) is 0 Å². The molecule has 1 amide bonds. The maximum atomic E-state index is 12.5. The molecule has 0 unspecified atom stereocenters. The fourth-order valence-electron chi connectivity index (χ4n) is 3.70. The first kappa shape index (κ1) is 17.4. The lowest BCUT2D eigenvalue weighted by Crippen LogP contribution is -2.50. The number of carbonyl (C=O) groups excluding carboxylic acids is 1. The van der Waals surface area contributed by atoms with Crippen LogP contribution in [0.4, 0.5) is 0 Å². The molecule has 0 saturated carbocycles. The van der Waals surface area contributed by atoms with E-state index in [0.717, 1.165) is 58.2 Å². The highest BCUT2D eigenvalue weighted by molar-refractivity contribution is 5.78. The first-order valence-corrected chi connectivity index (χ1v) is 9.48. The SMILES string of the molecule is CCn1ccnc1CN1CCN(CC(=O)N2CCCCCC2)CC1. The summed E-state index contributed by atoms with van der Waals surface area (Å²) < 4.78 is 2.20. The number of carbonyl (C=O) groups is 1. The molecule has 134 valence electrons. The molecule has 0 radical (unpaired) electrons. The lowest BCUT2D eigenvalue weighted by Gasteiger charge is -2.35. The monoisotopic (exact) mass is 333 g/mol. The van der Waals surface area contributed by atoms with Gasteiger partial charge in [0.25, 0.3) is 0 Å². The van der Waals surface area contributed by atoms with Gasteiger partial charge in [-0.05, 0) is 19.8 Å². The van der Waals surface area contributed by atoms with Crippen LogP contribution in [0.3, 0.4) is 0 Å². The van der Waals surface area contributed by atoms with E-state index in [0.29, 0.717) is 12.5 Å². The number of piperazine rings is 1. The van der Waals surface area contributed by atoms with Crippen LogP contribution in [0, 0.1) is 0 Å². The number of rotatable bonds is 5. The highest BCUT2D eigenvalue weighted by atomic mass is 16.2. The van der Waals surface area contributed by atoms with E-state index in [1.165, 1.54) is 25.7 Å². The van der Waals surface area contributed by atoms with Gasteiger partial charge in [0.05, 0.1) is 13.1 Å². The van der Waals surface area contributed by atoms with Gasteiger partial charge in [0.15, 0.2) is 0 Å². The Balaban J connectivity index is 1.42. The summed E-state index contributed by atoms with van der Waals surface area (Å²) in [4.78, 5) is 23.8.